The molecule has 0 radical (unpaired) electrons. The third-order valence-corrected chi connectivity index (χ3v) is 6.57. The minimum absolute atomic E-state index is 0. The van der Waals surface area contributed by atoms with Crippen molar-refractivity contribution in [2.45, 2.75) is 51.0 Å². The zero-order valence-corrected chi connectivity index (χ0v) is 22.6. The Labute approximate surface area is 216 Å². The molecular formula is C21H29FN5NaO4S. The number of rotatable bonds is 6. The second kappa shape index (κ2) is 10.5. The number of halogens is 1. The van der Waals surface area contributed by atoms with Crippen LogP contribution in [0.25, 0.3) is 0 Å². The number of amides is 3. The molecule has 1 aliphatic rings. The van der Waals surface area contributed by atoms with E-state index in [0.717, 1.165) is 12.5 Å². The Morgan fingerprint density at radius 2 is 1.64 bits per heavy atom. The van der Waals surface area contributed by atoms with E-state index in [4.69, 9.17) is 0 Å². The number of hydrogen-bond acceptors (Lipinski definition) is 5. The molecule has 3 rings (SSSR count). The third kappa shape index (κ3) is 5.95. The van der Waals surface area contributed by atoms with E-state index in [9.17, 15) is 22.4 Å². The Hall–Kier alpha value is -1.95. The van der Waals surface area contributed by atoms with Gasteiger partial charge in [0.15, 0.2) is 5.03 Å². The number of nitrogens with one attached hydrogen (secondary N) is 2. The standard InChI is InChI=1S/C21H28FN5O4S.Na.H/c1-12(2)15-9-14(22)10-16(13(3)4)19(15)23-21(29)25-32(30,31)18-11-17(26(5)24-18)20(28)27-7-6-8-27;;/h9-13H,6-8H2,1-5H3,(H2,23,25,29);;/q;+1;-1. The van der Waals surface area contributed by atoms with Crippen LogP contribution in [0.15, 0.2) is 23.2 Å². The molecule has 3 amide bonds. The van der Waals surface area contributed by atoms with Gasteiger partial charge in [0.25, 0.3) is 15.9 Å². The summed E-state index contributed by atoms with van der Waals surface area (Å²) in [5, 5.41) is 6.03. The molecule has 1 aromatic heterocycles. The third-order valence-electron chi connectivity index (χ3n) is 5.37. The number of urea groups is 1. The molecule has 12 heteroatoms. The van der Waals surface area contributed by atoms with Crippen LogP contribution in [-0.4, -0.2) is 48.1 Å². The van der Waals surface area contributed by atoms with Crippen molar-refractivity contribution in [3.8, 4) is 0 Å². The molecule has 176 valence electrons. The number of nitrogens with zero attached hydrogens (tertiary/aromatic N) is 3. The van der Waals surface area contributed by atoms with Crippen molar-refractivity contribution in [1.82, 2.24) is 19.4 Å². The van der Waals surface area contributed by atoms with E-state index in [2.05, 4.69) is 10.4 Å². The molecule has 9 nitrogen and oxygen atoms in total. The molecule has 1 aromatic carbocycles. The molecule has 1 aliphatic heterocycles. The number of hydrogen-bond donors (Lipinski definition) is 2. The molecule has 2 aromatic rings. The number of sulfonamides is 1. The fraction of sp³-hybridized carbons (Fsp3) is 0.476. The van der Waals surface area contributed by atoms with E-state index in [0.29, 0.717) is 29.9 Å². The van der Waals surface area contributed by atoms with Gasteiger partial charge in [-0.25, -0.2) is 13.9 Å². The summed E-state index contributed by atoms with van der Waals surface area (Å²) in [5.41, 5.74) is 1.61. The van der Waals surface area contributed by atoms with Gasteiger partial charge in [0.1, 0.15) is 11.5 Å². The molecule has 0 saturated carbocycles. The molecule has 0 atom stereocenters. The number of anilines is 1. The predicted octanol–water partition coefficient (Wildman–Crippen LogP) is 0.279. The first kappa shape index (κ1) is 27.3. The van der Waals surface area contributed by atoms with Gasteiger partial charge in [0.05, 0.1) is 0 Å². The number of carbonyl (C=O) groups excluding carboxylic acids is 2. The van der Waals surface area contributed by atoms with Crippen LogP contribution in [0.3, 0.4) is 0 Å². The van der Waals surface area contributed by atoms with E-state index in [-0.39, 0.29) is 54.4 Å². The molecule has 0 unspecified atom stereocenters. The number of carbonyl (C=O) groups is 2. The van der Waals surface area contributed by atoms with Crippen LogP contribution >= 0.6 is 0 Å². The van der Waals surface area contributed by atoms with Gasteiger partial charge in [-0.15, -0.1) is 0 Å². The first-order valence-corrected chi connectivity index (χ1v) is 11.9. The Morgan fingerprint density at radius 3 is 2.09 bits per heavy atom. The first-order valence-electron chi connectivity index (χ1n) is 10.4. The Kier molecular flexibility index (Phi) is 8.72. The number of likely N-dealkylation sites (tertiary alicyclic amines) is 1. The Morgan fingerprint density at radius 1 is 1.09 bits per heavy atom. The van der Waals surface area contributed by atoms with E-state index < -0.39 is 26.9 Å². The average molecular weight is 490 g/mol. The fourth-order valence-corrected chi connectivity index (χ4v) is 4.37. The molecule has 2 N–H and O–H groups in total. The molecule has 1 fully saturated rings. The SMILES string of the molecule is CC(C)c1cc(F)cc(C(C)C)c1NC(=O)NS(=O)(=O)c1cc(C(=O)N2CCC2)n(C)n1.[H-].[Na+]. The molecular weight excluding hydrogens is 460 g/mol. The van der Waals surface area contributed by atoms with Gasteiger partial charge in [0.2, 0.25) is 0 Å². The van der Waals surface area contributed by atoms with Gasteiger partial charge >= 0.3 is 35.6 Å². The minimum atomic E-state index is -4.34. The van der Waals surface area contributed by atoms with Crippen molar-refractivity contribution in [2.24, 2.45) is 7.05 Å². The number of aryl methyl sites for hydroxylation is 1. The topological polar surface area (TPSA) is 113 Å². The van der Waals surface area contributed by atoms with Crippen LogP contribution < -0.4 is 39.6 Å². The normalized spacial score (nSPS) is 13.5. The number of aromatic nitrogens is 2. The molecule has 2 heterocycles. The Balaban J connectivity index is 0.00000289. The van der Waals surface area contributed by atoms with Crippen molar-refractivity contribution in [1.29, 1.82) is 0 Å². The van der Waals surface area contributed by atoms with Gasteiger partial charge < -0.3 is 11.6 Å². The van der Waals surface area contributed by atoms with Gasteiger partial charge in [-0.2, -0.15) is 13.5 Å². The van der Waals surface area contributed by atoms with Gasteiger partial charge in [-0.05, 0) is 41.5 Å². The van der Waals surface area contributed by atoms with E-state index >= 15 is 0 Å². The molecule has 1 saturated heterocycles. The smallest absolute Gasteiger partial charge is 1.00 e. The summed E-state index contributed by atoms with van der Waals surface area (Å²) in [6.45, 7) is 8.63. The van der Waals surface area contributed by atoms with Crippen molar-refractivity contribution in [2.75, 3.05) is 18.4 Å². The van der Waals surface area contributed by atoms with Crippen LogP contribution in [-0.2, 0) is 17.1 Å². The van der Waals surface area contributed by atoms with Crippen molar-refractivity contribution in [3.63, 3.8) is 0 Å². The van der Waals surface area contributed by atoms with Crippen LogP contribution in [0.5, 0.6) is 0 Å². The second-order valence-corrected chi connectivity index (χ2v) is 10.1. The van der Waals surface area contributed by atoms with Gasteiger partial charge in [-0.3, -0.25) is 9.48 Å². The molecule has 0 spiro atoms. The summed E-state index contributed by atoms with van der Waals surface area (Å²) < 4.78 is 42.7. The molecule has 0 bridgehead atoms. The zero-order valence-electron chi connectivity index (χ0n) is 20.8. The second-order valence-electron chi connectivity index (χ2n) is 8.47. The maximum Gasteiger partial charge on any atom is 1.00 e. The summed E-state index contributed by atoms with van der Waals surface area (Å²) in [7, 11) is -2.88. The maximum absolute atomic E-state index is 14.1. The zero-order chi connectivity index (χ0) is 23.8. The van der Waals surface area contributed by atoms with Crippen LogP contribution in [0.4, 0.5) is 14.9 Å². The van der Waals surface area contributed by atoms with Crippen LogP contribution in [0.2, 0.25) is 0 Å². The summed E-state index contributed by atoms with van der Waals surface area (Å²) in [4.78, 5) is 26.6. The first-order chi connectivity index (χ1) is 14.9. The summed E-state index contributed by atoms with van der Waals surface area (Å²) in [6, 6.07) is 2.80. The summed E-state index contributed by atoms with van der Waals surface area (Å²) in [5.74, 6) is -0.961. The minimum Gasteiger partial charge on any atom is -1.00 e. The molecule has 33 heavy (non-hydrogen) atoms. The monoisotopic (exact) mass is 489 g/mol. The van der Waals surface area contributed by atoms with Crippen molar-refractivity contribution in [3.05, 3.63) is 40.8 Å². The largest absolute Gasteiger partial charge is 1.00 e. The van der Waals surface area contributed by atoms with Gasteiger partial charge in [0, 0.05) is 31.9 Å². The van der Waals surface area contributed by atoms with Gasteiger partial charge in [-0.1, -0.05) is 27.7 Å². The predicted molar refractivity (Wildman–Crippen MR) is 119 cm³/mol. The molecule has 0 aliphatic carbocycles. The van der Waals surface area contributed by atoms with E-state index in [1.54, 1.807) is 4.90 Å². The Bertz CT molecular complexity index is 1140. The van der Waals surface area contributed by atoms with Crippen LogP contribution in [0.1, 0.15) is 69.0 Å². The quantitative estimate of drug-likeness (QED) is 0.566. The van der Waals surface area contributed by atoms with E-state index in [1.807, 2.05) is 32.4 Å². The average Bonchev–Trinajstić information content (AvgIpc) is 3.03. The number of benzene rings is 1. The summed E-state index contributed by atoms with van der Waals surface area (Å²) in [6.07, 6.45) is 0.899. The maximum atomic E-state index is 14.1. The van der Waals surface area contributed by atoms with Crippen molar-refractivity contribution < 1.29 is 53.4 Å². The van der Waals surface area contributed by atoms with Crippen molar-refractivity contribution >= 4 is 27.6 Å². The van der Waals surface area contributed by atoms with Crippen LogP contribution in [0, 0.1) is 5.82 Å². The summed E-state index contributed by atoms with van der Waals surface area (Å²) >= 11 is 0. The van der Waals surface area contributed by atoms with E-state index in [1.165, 1.54) is 23.9 Å². The fourth-order valence-electron chi connectivity index (χ4n) is 3.47.